The predicted octanol–water partition coefficient (Wildman–Crippen LogP) is 2.37. The van der Waals surface area contributed by atoms with Crippen LogP contribution in [0.25, 0.3) is 0 Å². The number of aliphatic imine (C=N–C) groups is 1. The molecule has 1 aromatic carbocycles. The Morgan fingerprint density at radius 1 is 1.26 bits per heavy atom. The number of nitrogens with one attached hydrogen (secondary N) is 2. The number of aliphatic hydroxyl groups excluding tert-OH is 1. The van der Waals surface area contributed by atoms with Gasteiger partial charge in [0.1, 0.15) is 12.4 Å². The van der Waals surface area contributed by atoms with Crippen molar-refractivity contribution in [3.05, 3.63) is 47.0 Å². The van der Waals surface area contributed by atoms with E-state index in [1.54, 1.807) is 0 Å². The Balaban J connectivity index is 1.62. The van der Waals surface area contributed by atoms with E-state index in [1.807, 2.05) is 30.7 Å². The first-order chi connectivity index (χ1) is 14.7. The summed E-state index contributed by atoms with van der Waals surface area (Å²) in [5.74, 6) is 2.26. The standard InChI is InChI=1S/C23H36N6O2/c1-16-27-28-21(29(16)5)15-26-22(24-13-19-7-6-12-31-19)25-14-20(30)17-8-10-18(11-9-17)23(2,3)4/h8-11,19-20,30H,6-7,12-15H2,1-5H3,(H2,24,25,26). The first kappa shape index (κ1) is 23.2. The Bertz CT molecular complexity index is 863. The highest BCUT2D eigenvalue weighted by Crippen LogP contribution is 2.23. The van der Waals surface area contributed by atoms with Crippen LogP contribution in [0, 0.1) is 6.92 Å². The van der Waals surface area contributed by atoms with Gasteiger partial charge in [0.2, 0.25) is 0 Å². The zero-order valence-corrected chi connectivity index (χ0v) is 19.4. The molecule has 2 atom stereocenters. The van der Waals surface area contributed by atoms with Crippen molar-refractivity contribution in [2.24, 2.45) is 12.0 Å². The molecule has 3 rings (SSSR count). The van der Waals surface area contributed by atoms with E-state index in [1.165, 1.54) is 5.56 Å². The number of rotatable bonds is 7. The van der Waals surface area contributed by atoms with E-state index in [4.69, 9.17) is 4.74 Å². The van der Waals surface area contributed by atoms with Crippen LogP contribution in [0.5, 0.6) is 0 Å². The molecule has 0 bridgehead atoms. The molecule has 0 spiro atoms. The number of aliphatic hydroxyl groups is 1. The van der Waals surface area contributed by atoms with Gasteiger partial charge in [-0.25, -0.2) is 4.99 Å². The second-order valence-electron chi connectivity index (χ2n) is 9.17. The van der Waals surface area contributed by atoms with Crippen LogP contribution in [-0.4, -0.2) is 51.6 Å². The smallest absolute Gasteiger partial charge is 0.191 e. The van der Waals surface area contributed by atoms with Gasteiger partial charge >= 0.3 is 0 Å². The van der Waals surface area contributed by atoms with Crippen molar-refractivity contribution in [1.29, 1.82) is 0 Å². The lowest BCUT2D eigenvalue weighted by Gasteiger charge is -2.21. The third-order valence-corrected chi connectivity index (χ3v) is 5.71. The normalized spacial score (nSPS) is 18.3. The number of aryl methyl sites for hydroxylation is 1. The average Bonchev–Trinajstić information content (AvgIpc) is 3.37. The Morgan fingerprint density at radius 3 is 2.58 bits per heavy atom. The lowest BCUT2D eigenvalue weighted by Crippen LogP contribution is -2.42. The zero-order valence-electron chi connectivity index (χ0n) is 19.4. The molecule has 0 amide bonds. The minimum atomic E-state index is -0.638. The highest BCUT2D eigenvalue weighted by molar-refractivity contribution is 5.79. The van der Waals surface area contributed by atoms with Crippen LogP contribution < -0.4 is 10.6 Å². The van der Waals surface area contributed by atoms with E-state index in [0.717, 1.165) is 36.7 Å². The predicted molar refractivity (Wildman–Crippen MR) is 122 cm³/mol. The number of aromatic nitrogens is 3. The maximum Gasteiger partial charge on any atom is 0.191 e. The largest absolute Gasteiger partial charge is 0.387 e. The van der Waals surface area contributed by atoms with Gasteiger partial charge in [-0.15, -0.1) is 10.2 Å². The molecule has 1 aliphatic rings. The van der Waals surface area contributed by atoms with E-state index in [2.05, 4.69) is 58.7 Å². The highest BCUT2D eigenvalue weighted by Gasteiger charge is 2.17. The van der Waals surface area contributed by atoms with Crippen molar-refractivity contribution in [3.8, 4) is 0 Å². The molecule has 1 aliphatic heterocycles. The quantitative estimate of drug-likeness (QED) is 0.463. The number of nitrogens with zero attached hydrogens (tertiary/aromatic N) is 4. The van der Waals surface area contributed by atoms with Crippen LogP contribution in [0.4, 0.5) is 0 Å². The summed E-state index contributed by atoms with van der Waals surface area (Å²) in [5, 5.41) is 25.5. The molecule has 1 fully saturated rings. The minimum absolute atomic E-state index is 0.0893. The third-order valence-electron chi connectivity index (χ3n) is 5.71. The lowest BCUT2D eigenvalue weighted by atomic mass is 9.86. The van der Waals surface area contributed by atoms with E-state index in [-0.39, 0.29) is 11.5 Å². The fourth-order valence-corrected chi connectivity index (χ4v) is 3.45. The molecule has 2 unspecified atom stereocenters. The number of benzene rings is 1. The van der Waals surface area contributed by atoms with E-state index < -0.39 is 6.10 Å². The molecule has 2 aromatic rings. The second kappa shape index (κ2) is 10.2. The molecule has 1 aromatic heterocycles. The second-order valence-corrected chi connectivity index (χ2v) is 9.17. The Morgan fingerprint density at radius 2 is 2.00 bits per heavy atom. The van der Waals surface area contributed by atoms with Gasteiger partial charge in [-0.1, -0.05) is 45.0 Å². The summed E-state index contributed by atoms with van der Waals surface area (Å²) in [6, 6.07) is 8.15. The summed E-state index contributed by atoms with van der Waals surface area (Å²) in [6.45, 7) is 10.7. The van der Waals surface area contributed by atoms with Crippen molar-refractivity contribution in [2.45, 2.75) is 64.7 Å². The fourth-order valence-electron chi connectivity index (χ4n) is 3.45. The van der Waals surface area contributed by atoms with Gasteiger partial charge in [0.05, 0.1) is 12.2 Å². The Hall–Kier alpha value is -2.45. The summed E-state index contributed by atoms with van der Waals surface area (Å²) in [5.41, 5.74) is 2.21. The molecular weight excluding hydrogens is 392 g/mol. The molecule has 0 aliphatic carbocycles. The summed E-state index contributed by atoms with van der Waals surface area (Å²) in [6.07, 6.45) is 1.69. The third kappa shape index (κ3) is 6.51. The fraction of sp³-hybridized carbons (Fsp3) is 0.609. The molecule has 8 nitrogen and oxygen atoms in total. The maximum absolute atomic E-state index is 10.7. The molecule has 8 heteroatoms. The van der Waals surface area contributed by atoms with Crippen molar-refractivity contribution in [1.82, 2.24) is 25.4 Å². The molecular formula is C23H36N6O2. The van der Waals surface area contributed by atoms with E-state index in [0.29, 0.717) is 25.6 Å². The van der Waals surface area contributed by atoms with Gasteiger partial charge in [-0.3, -0.25) is 0 Å². The zero-order chi connectivity index (χ0) is 22.4. The Labute approximate surface area is 185 Å². The van der Waals surface area contributed by atoms with Crippen molar-refractivity contribution < 1.29 is 9.84 Å². The van der Waals surface area contributed by atoms with Crippen LogP contribution >= 0.6 is 0 Å². The topological polar surface area (TPSA) is 96.6 Å². The van der Waals surface area contributed by atoms with Gasteiger partial charge in [0.15, 0.2) is 11.8 Å². The maximum atomic E-state index is 10.7. The highest BCUT2D eigenvalue weighted by atomic mass is 16.5. The number of hydrogen-bond acceptors (Lipinski definition) is 5. The summed E-state index contributed by atoms with van der Waals surface area (Å²) in [7, 11) is 1.93. The van der Waals surface area contributed by atoms with Crippen LogP contribution in [0.2, 0.25) is 0 Å². The van der Waals surface area contributed by atoms with Crippen molar-refractivity contribution >= 4 is 5.96 Å². The summed E-state index contributed by atoms with van der Waals surface area (Å²) in [4.78, 5) is 4.65. The van der Waals surface area contributed by atoms with Gasteiger partial charge < -0.3 is 25.0 Å². The summed E-state index contributed by atoms with van der Waals surface area (Å²) >= 11 is 0. The van der Waals surface area contributed by atoms with Crippen LogP contribution in [0.15, 0.2) is 29.3 Å². The van der Waals surface area contributed by atoms with Crippen molar-refractivity contribution in [3.63, 3.8) is 0 Å². The monoisotopic (exact) mass is 428 g/mol. The van der Waals surface area contributed by atoms with Crippen LogP contribution in [-0.2, 0) is 23.7 Å². The van der Waals surface area contributed by atoms with Gasteiger partial charge in [0, 0.05) is 26.7 Å². The average molecular weight is 429 g/mol. The molecule has 170 valence electrons. The van der Waals surface area contributed by atoms with Crippen LogP contribution in [0.1, 0.15) is 62.5 Å². The van der Waals surface area contributed by atoms with Gasteiger partial charge in [-0.2, -0.15) is 0 Å². The molecule has 1 saturated heterocycles. The number of ether oxygens (including phenoxy) is 1. The van der Waals surface area contributed by atoms with Crippen molar-refractivity contribution in [2.75, 3.05) is 19.7 Å². The summed E-state index contributed by atoms with van der Waals surface area (Å²) < 4.78 is 7.62. The number of guanidine groups is 1. The van der Waals surface area contributed by atoms with Gasteiger partial charge in [-0.05, 0) is 36.3 Å². The molecule has 2 heterocycles. The first-order valence-corrected chi connectivity index (χ1v) is 11.0. The number of hydrogen-bond donors (Lipinski definition) is 3. The first-order valence-electron chi connectivity index (χ1n) is 11.0. The molecule has 31 heavy (non-hydrogen) atoms. The van der Waals surface area contributed by atoms with E-state index in [9.17, 15) is 5.11 Å². The SMILES string of the molecule is Cc1nnc(CN=C(NCC2CCCO2)NCC(O)c2ccc(C(C)(C)C)cc2)n1C. The minimum Gasteiger partial charge on any atom is -0.387 e. The molecule has 0 saturated carbocycles. The lowest BCUT2D eigenvalue weighted by molar-refractivity contribution is 0.113. The van der Waals surface area contributed by atoms with E-state index >= 15 is 0 Å². The van der Waals surface area contributed by atoms with Gasteiger partial charge in [0.25, 0.3) is 0 Å². The molecule has 0 radical (unpaired) electrons. The molecule has 3 N–H and O–H groups in total. The Kier molecular flexibility index (Phi) is 7.67. The van der Waals surface area contributed by atoms with Crippen LogP contribution in [0.3, 0.4) is 0 Å².